The Morgan fingerprint density at radius 3 is 1.53 bits per heavy atom. The van der Waals surface area contributed by atoms with Gasteiger partial charge in [-0.25, -0.2) is 5.48 Å². The molecule has 0 aliphatic rings. The largest absolute Gasteiger partial charge is 0.317 e. The van der Waals surface area contributed by atoms with Gasteiger partial charge in [-0.05, 0) is 6.42 Å². The second-order valence-electron chi connectivity index (χ2n) is 4.09. The average molecular weight is 238 g/mol. The fourth-order valence-electron chi connectivity index (χ4n) is 1.69. The number of rotatable bonds is 11. The summed E-state index contributed by atoms with van der Waals surface area (Å²) in [5, 5.41) is 8.34. The summed E-state index contributed by atoms with van der Waals surface area (Å²) in [5.74, 6) is 0. The lowest BCUT2D eigenvalue weighted by Crippen LogP contribution is -2.07. The SMILES string of the molecule is CCCCCCCCCCCCNO.Cl. The zero-order chi connectivity index (χ0) is 10.5. The Labute approximate surface area is 101 Å². The molecule has 0 aromatic carbocycles. The molecule has 0 bridgehead atoms. The van der Waals surface area contributed by atoms with Crippen LogP contribution in [0.15, 0.2) is 0 Å². The van der Waals surface area contributed by atoms with Crippen LogP contribution in [0.4, 0.5) is 0 Å². The third-order valence-corrected chi connectivity index (χ3v) is 2.64. The highest BCUT2D eigenvalue weighted by Gasteiger charge is 1.91. The van der Waals surface area contributed by atoms with E-state index >= 15 is 0 Å². The predicted octanol–water partition coefficient (Wildman–Crippen LogP) is 4.31. The van der Waals surface area contributed by atoms with Crippen molar-refractivity contribution >= 4 is 12.4 Å². The molecule has 0 aliphatic carbocycles. The van der Waals surface area contributed by atoms with Gasteiger partial charge in [0.15, 0.2) is 0 Å². The number of unbranched alkanes of at least 4 members (excludes halogenated alkanes) is 9. The first-order valence-electron chi connectivity index (χ1n) is 6.28. The molecule has 0 unspecified atom stereocenters. The number of hydroxylamine groups is 1. The molecule has 0 spiro atoms. The van der Waals surface area contributed by atoms with Gasteiger partial charge in [-0.2, -0.15) is 0 Å². The van der Waals surface area contributed by atoms with Crippen LogP contribution in [0.25, 0.3) is 0 Å². The monoisotopic (exact) mass is 237 g/mol. The number of hydrogen-bond acceptors (Lipinski definition) is 2. The molecule has 94 valence electrons. The number of nitrogens with one attached hydrogen (secondary N) is 1. The quantitative estimate of drug-likeness (QED) is 0.415. The summed E-state index contributed by atoms with van der Waals surface area (Å²) in [6.07, 6.45) is 13.5. The summed E-state index contributed by atoms with van der Waals surface area (Å²) >= 11 is 0. The van der Waals surface area contributed by atoms with Crippen LogP contribution in [-0.2, 0) is 0 Å². The Hall–Kier alpha value is 0.210. The Kier molecular flexibility index (Phi) is 19.5. The van der Waals surface area contributed by atoms with E-state index in [-0.39, 0.29) is 12.4 Å². The van der Waals surface area contributed by atoms with Gasteiger partial charge in [-0.1, -0.05) is 64.7 Å². The van der Waals surface area contributed by atoms with Crippen molar-refractivity contribution in [3.8, 4) is 0 Å². The van der Waals surface area contributed by atoms with E-state index < -0.39 is 0 Å². The average Bonchev–Trinajstić information content (AvgIpc) is 2.21. The van der Waals surface area contributed by atoms with E-state index in [0.29, 0.717) is 0 Å². The van der Waals surface area contributed by atoms with Gasteiger partial charge < -0.3 is 5.21 Å². The molecule has 0 aliphatic heterocycles. The summed E-state index contributed by atoms with van der Waals surface area (Å²) < 4.78 is 0. The van der Waals surface area contributed by atoms with E-state index in [1.165, 1.54) is 57.8 Å². The van der Waals surface area contributed by atoms with Gasteiger partial charge in [0.05, 0.1) is 0 Å². The van der Waals surface area contributed by atoms with E-state index in [1.54, 1.807) is 0 Å². The lowest BCUT2D eigenvalue weighted by atomic mass is 10.1. The highest BCUT2D eigenvalue weighted by molar-refractivity contribution is 5.85. The van der Waals surface area contributed by atoms with Crippen LogP contribution in [0.1, 0.15) is 71.1 Å². The van der Waals surface area contributed by atoms with E-state index in [0.717, 1.165) is 13.0 Å². The second kappa shape index (κ2) is 16.6. The Bertz CT molecular complexity index is 89.6. The van der Waals surface area contributed by atoms with Crippen LogP contribution in [0.2, 0.25) is 0 Å². The van der Waals surface area contributed by atoms with Gasteiger partial charge in [0.25, 0.3) is 0 Å². The fourth-order valence-corrected chi connectivity index (χ4v) is 1.69. The van der Waals surface area contributed by atoms with E-state index in [9.17, 15) is 0 Å². The van der Waals surface area contributed by atoms with E-state index in [4.69, 9.17) is 5.21 Å². The second-order valence-corrected chi connectivity index (χ2v) is 4.09. The van der Waals surface area contributed by atoms with Crippen molar-refractivity contribution in [2.45, 2.75) is 71.1 Å². The molecule has 0 atom stereocenters. The molecule has 15 heavy (non-hydrogen) atoms. The van der Waals surface area contributed by atoms with Gasteiger partial charge in [0, 0.05) is 6.54 Å². The van der Waals surface area contributed by atoms with Gasteiger partial charge in [0.1, 0.15) is 0 Å². The Morgan fingerprint density at radius 1 is 0.733 bits per heavy atom. The molecule has 0 aromatic heterocycles. The lowest BCUT2D eigenvalue weighted by molar-refractivity contribution is 0.164. The van der Waals surface area contributed by atoms with Crippen LogP contribution in [0.5, 0.6) is 0 Å². The van der Waals surface area contributed by atoms with Crippen LogP contribution in [-0.4, -0.2) is 11.8 Å². The maximum atomic E-state index is 8.34. The normalized spacial score (nSPS) is 10.0. The molecule has 3 heteroatoms. The molecule has 0 amide bonds. The Morgan fingerprint density at radius 2 is 1.13 bits per heavy atom. The third kappa shape index (κ3) is 16.9. The summed E-state index contributed by atoms with van der Waals surface area (Å²) in [5.41, 5.74) is 2.19. The fraction of sp³-hybridized carbons (Fsp3) is 1.00. The molecule has 0 radical (unpaired) electrons. The van der Waals surface area contributed by atoms with Crippen LogP contribution < -0.4 is 5.48 Å². The molecule has 2 N–H and O–H groups in total. The molecule has 0 saturated heterocycles. The van der Waals surface area contributed by atoms with Gasteiger partial charge in [0.2, 0.25) is 0 Å². The third-order valence-electron chi connectivity index (χ3n) is 2.64. The summed E-state index contributed by atoms with van der Waals surface area (Å²) in [6, 6.07) is 0. The first-order chi connectivity index (χ1) is 6.91. The standard InChI is InChI=1S/C12H27NO.ClH/c1-2-3-4-5-6-7-8-9-10-11-12-13-14;/h13-14H,2-12H2,1H3;1H. The van der Waals surface area contributed by atoms with Gasteiger partial charge >= 0.3 is 0 Å². The van der Waals surface area contributed by atoms with Crippen molar-refractivity contribution in [2.75, 3.05) is 6.54 Å². The molecule has 0 fully saturated rings. The maximum absolute atomic E-state index is 8.34. The van der Waals surface area contributed by atoms with Crippen molar-refractivity contribution < 1.29 is 5.21 Å². The first-order valence-corrected chi connectivity index (χ1v) is 6.28. The Balaban J connectivity index is 0. The van der Waals surface area contributed by atoms with Crippen molar-refractivity contribution in [1.82, 2.24) is 5.48 Å². The van der Waals surface area contributed by atoms with Crippen molar-refractivity contribution in [3.63, 3.8) is 0 Å². The van der Waals surface area contributed by atoms with Crippen molar-refractivity contribution in [3.05, 3.63) is 0 Å². The lowest BCUT2D eigenvalue weighted by Gasteiger charge is -2.01. The molecule has 0 aromatic rings. The van der Waals surface area contributed by atoms with Crippen LogP contribution in [0, 0.1) is 0 Å². The molecule has 0 heterocycles. The van der Waals surface area contributed by atoms with Crippen molar-refractivity contribution in [1.29, 1.82) is 0 Å². The highest BCUT2D eigenvalue weighted by Crippen LogP contribution is 2.09. The smallest absolute Gasteiger partial charge is 0.0207 e. The van der Waals surface area contributed by atoms with Gasteiger partial charge in [-0.3, -0.25) is 0 Å². The zero-order valence-corrected chi connectivity index (χ0v) is 11.0. The number of hydrogen-bond donors (Lipinski definition) is 2. The molecule has 2 nitrogen and oxygen atoms in total. The van der Waals surface area contributed by atoms with Gasteiger partial charge in [-0.15, -0.1) is 12.4 Å². The maximum Gasteiger partial charge on any atom is 0.0207 e. The molecular weight excluding hydrogens is 210 g/mol. The minimum Gasteiger partial charge on any atom is -0.317 e. The zero-order valence-electron chi connectivity index (χ0n) is 10.1. The highest BCUT2D eigenvalue weighted by atomic mass is 35.5. The number of halogens is 1. The summed E-state index contributed by atoms with van der Waals surface area (Å²) in [6.45, 7) is 3.01. The molecular formula is C12H28ClNO. The first kappa shape index (κ1) is 17.6. The minimum absolute atomic E-state index is 0. The summed E-state index contributed by atoms with van der Waals surface area (Å²) in [7, 11) is 0. The van der Waals surface area contributed by atoms with Crippen LogP contribution >= 0.6 is 12.4 Å². The van der Waals surface area contributed by atoms with Crippen LogP contribution in [0.3, 0.4) is 0 Å². The molecule has 0 rings (SSSR count). The summed E-state index contributed by atoms with van der Waals surface area (Å²) in [4.78, 5) is 0. The van der Waals surface area contributed by atoms with Crippen molar-refractivity contribution in [2.24, 2.45) is 0 Å². The van der Waals surface area contributed by atoms with E-state index in [2.05, 4.69) is 12.4 Å². The minimum atomic E-state index is 0. The molecule has 0 saturated carbocycles. The predicted molar refractivity (Wildman–Crippen MR) is 68.9 cm³/mol. The van der Waals surface area contributed by atoms with E-state index in [1.807, 2.05) is 0 Å². The topological polar surface area (TPSA) is 32.3 Å².